The number of pyridine rings is 4. The van der Waals surface area contributed by atoms with Crippen LogP contribution >= 0.6 is 0 Å². The van der Waals surface area contributed by atoms with Gasteiger partial charge in [-0.05, 0) is 148 Å². The van der Waals surface area contributed by atoms with E-state index in [1.165, 1.54) is 62.5 Å². The second-order valence-corrected chi connectivity index (χ2v) is 20.8. The van der Waals surface area contributed by atoms with Crippen molar-refractivity contribution in [3.63, 3.8) is 0 Å². The molecule has 6 amide bonds. The summed E-state index contributed by atoms with van der Waals surface area (Å²) >= 11 is 0. The van der Waals surface area contributed by atoms with Crippen molar-refractivity contribution < 1.29 is 51.8 Å². The zero-order chi connectivity index (χ0) is 69.5. The van der Waals surface area contributed by atoms with Gasteiger partial charge < -0.3 is 37.6 Å². The first-order valence-electron chi connectivity index (χ1n) is 29.6. The molecule has 0 unspecified atom stereocenters. The minimum atomic E-state index is -0.633. The molecular formula is C71H79F2N19O6. The van der Waals surface area contributed by atoms with E-state index in [4.69, 9.17) is 5.73 Å². The molecule has 0 aliphatic heterocycles. The lowest BCUT2D eigenvalue weighted by Crippen LogP contribution is -2.18. The molecule has 8 heterocycles. The standard InChI is InChI=1S/2C19H17N5O2.C17H13FN4O.C16H12FN5O.10H2/c1-12-18(24-17(11-21-12)14-5-4-8-20-10-14)19(26)23-16-7-3-6-15(9-16)22-13(2)25;1-12-18(24-17(11-21-12)14-4-3-9-20-10-14)19(26)23-16-7-5-15(6-8-16)22-13(2)25;1-11-16(17(23)21-14-6-4-13(18)5-7-14)22-15(10-20-11)12-3-2-8-19-9-12;17-11-5-1-2-6-12(11)22-16(23)14-15(18)20-9-13(21-14)10-4-3-7-19-8-10;;;;;;;;;;/h2*3-11H,1-2H3,(H,22,25)(H,23,26);2-10H,1H3,(H,21,23);1-9H,(H2,18,20)(H,22,23);10*1H. The van der Waals surface area contributed by atoms with Gasteiger partial charge in [0.1, 0.15) is 28.7 Å². The zero-order valence-electron chi connectivity index (χ0n) is 52.9. The highest BCUT2D eigenvalue weighted by Crippen LogP contribution is 2.24. The molecule has 8 N–H and O–H groups in total. The molecular weight excluding hydrogens is 1250 g/mol. The van der Waals surface area contributed by atoms with Crippen LogP contribution in [-0.4, -0.2) is 95.3 Å². The molecule has 508 valence electrons. The molecule has 12 rings (SSSR count). The number of aromatic nitrogens is 12. The molecule has 98 heavy (non-hydrogen) atoms. The molecule has 0 saturated carbocycles. The van der Waals surface area contributed by atoms with Crippen molar-refractivity contribution in [2.75, 3.05) is 37.6 Å². The summed E-state index contributed by atoms with van der Waals surface area (Å²) in [4.78, 5) is 122. The first-order chi connectivity index (χ1) is 47.3. The van der Waals surface area contributed by atoms with Gasteiger partial charge in [0.05, 0.1) is 70.3 Å². The number of hydrogen-bond acceptors (Lipinski definition) is 19. The maximum Gasteiger partial charge on any atom is 0.278 e. The van der Waals surface area contributed by atoms with Crippen LogP contribution in [0.15, 0.2) is 220 Å². The minimum absolute atomic E-state index is 0. The average Bonchev–Trinajstić information content (AvgIpc) is 0.840. The van der Waals surface area contributed by atoms with Crippen LogP contribution in [0.5, 0.6) is 0 Å². The number of nitrogens with two attached hydrogens (primary N) is 1. The van der Waals surface area contributed by atoms with Crippen LogP contribution in [-0.2, 0) is 9.59 Å². The number of rotatable bonds is 14. The Hall–Kier alpha value is -13.7. The molecule has 0 bridgehead atoms. The Morgan fingerprint density at radius 1 is 0.357 bits per heavy atom. The third-order valence-electron chi connectivity index (χ3n) is 13.5. The molecule has 0 radical (unpaired) electrons. The highest BCUT2D eigenvalue weighted by molar-refractivity contribution is 6.07. The number of benzene rings is 4. The van der Waals surface area contributed by atoms with Crippen molar-refractivity contribution in [1.29, 1.82) is 0 Å². The lowest BCUT2D eigenvalue weighted by molar-refractivity contribution is -0.115. The van der Waals surface area contributed by atoms with Crippen LogP contribution in [0, 0.1) is 32.4 Å². The molecule has 0 saturated heterocycles. The van der Waals surface area contributed by atoms with Gasteiger partial charge in [-0.3, -0.25) is 63.7 Å². The topological polar surface area (TPSA) is 355 Å². The fourth-order valence-electron chi connectivity index (χ4n) is 8.74. The van der Waals surface area contributed by atoms with E-state index in [0.717, 1.165) is 16.7 Å². The molecule has 0 aliphatic rings. The first kappa shape index (κ1) is 68.6. The van der Waals surface area contributed by atoms with E-state index in [2.05, 4.69) is 91.7 Å². The van der Waals surface area contributed by atoms with Crippen molar-refractivity contribution in [2.45, 2.75) is 34.6 Å². The van der Waals surface area contributed by atoms with Crippen molar-refractivity contribution in [2.24, 2.45) is 0 Å². The number of para-hydroxylation sites is 1. The Kier molecular flexibility index (Phi) is 23.3. The molecule has 0 fully saturated rings. The number of carbonyl (C=O) groups is 6. The average molecular weight is 1330 g/mol. The molecule has 0 spiro atoms. The van der Waals surface area contributed by atoms with Crippen molar-refractivity contribution in [3.05, 3.63) is 271 Å². The van der Waals surface area contributed by atoms with Gasteiger partial charge >= 0.3 is 0 Å². The summed E-state index contributed by atoms with van der Waals surface area (Å²) < 4.78 is 26.5. The van der Waals surface area contributed by atoms with E-state index in [0.29, 0.717) is 73.9 Å². The second-order valence-electron chi connectivity index (χ2n) is 20.8. The fraction of sp³-hybridized carbons (Fsp3) is 0.0704. The Bertz CT molecular complexity index is 4850. The molecule has 8 aromatic heterocycles. The summed E-state index contributed by atoms with van der Waals surface area (Å²) in [5.74, 6) is -3.04. The SMILES string of the molecule is CC(=O)Nc1ccc(NC(=O)c2nc(-c3cccnc3)cnc2C)cc1.CC(=O)Nc1cccc(NC(=O)c2nc(-c3cccnc3)cnc2C)c1.Cc1ncc(-c2cccnc2)nc1C(=O)Nc1ccc(F)cc1.Nc1ncc(-c2cccnc2)nc1C(=O)Nc1ccccc1F.[HH].[HH].[HH].[HH].[HH].[HH].[HH].[HH].[HH].[HH]. The lowest BCUT2D eigenvalue weighted by Gasteiger charge is -2.10. The third kappa shape index (κ3) is 19.4. The highest BCUT2D eigenvalue weighted by atomic mass is 19.1. The van der Waals surface area contributed by atoms with Crippen LogP contribution in [0.3, 0.4) is 0 Å². The van der Waals surface area contributed by atoms with E-state index in [9.17, 15) is 37.5 Å². The van der Waals surface area contributed by atoms with Crippen LogP contribution < -0.4 is 37.6 Å². The summed E-state index contributed by atoms with van der Waals surface area (Å²) in [6.45, 7) is 8.03. The van der Waals surface area contributed by atoms with Gasteiger partial charge in [-0.2, -0.15) is 0 Å². The summed E-state index contributed by atoms with van der Waals surface area (Å²) in [7, 11) is 0. The summed E-state index contributed by atoms with van der Waals surface area (Å²) in [5, 5.41) is 16.0. The second kappa shape index (κ2) is 33.2. The summed E-state index contributed by atoms with van der Waals surface area (Å²) in [6, 6.07) is 39.5. The maximum atomic E-state index is 13.6. The number of hydrogen-bond donors (Lipinski definition) is 7. The zero-order valence-corrected chi connectivity index (χ0v) is 52.9. The number of nitrogen functional groups attached to an aromatic ring is 1. The van der Waals surface area contributed by atoms with Gasteiger partial charge in [-0.1, -0.05) is 18.2 Å². The number of aryl methyl sites for hydroxylation is 3. The smallest absolute Gasteiger partial charge is 0.278 e. The molecule has 27 heteroatoms. The summed E-state index contributed by atoms with van der Waals surface area (Å²) in [6.07, 6.45) is 19.5. The van der Waals surface area contributed by atoms with Gasteiger partial charge in [0.2, 0.25) is 11.8 Å². The van der Waals surface area contributed by atoms with E-state index in [1.54, 1.807) is 174 Å². The third-order valence-corrected chi connectivity index (χ3v) is 13.5. The van der Waals surface area contributed by atoms with Crippen molar-refractivity contribution >= 4 is 75.4 Å². The van der Waals surface area contributed by atoms with Crippen molar-refractivity contribution in [1.82, 2.24) is 59.8 Å². The predicted molar refractivity (Wildman–Crippen MR) is 387 cm³/mol. The van der Waals surface area contributed by atoms with Crippen LogP contribution in [0.1, 0.15) is 87.1 Å². The normalized spacial score (nSPS) is 10.3. The predicted octanol–water partition coefficient (Wildman–Crippen LogP) is 14.3. The number of carbonyl (C=O) groups excluding carboxylic acids is 6. The molecule has 25 nitrogen and oxygen atoms in total. The van der Waals surface area contributed by atoms with Crippen LogP contribution in [0.25, 0.3) is 45.0 Å². The van der Waals surface area contributed by atoms with Crippen LogP contribution in [0.2, 0.25) is 0 Å². The number of amides is 6. The van der Waals surface area contributed by atoms with Crippen LogP contribution in [0.4, 0.5) is 48.7 Å². The van der Waals surface area contributed by atoms with E-state index in [-0.39, 0.29) is 78.0 Å². The van der Waals surface area contributed by atoms with Crippen molar-refractivity contribution in [3.8, 4) is 45.0 Å². The largest absolute Gasteiger partial charge is 0.382 e. The Labute approximate surface area is 574 Å². The van der Waals surface area contributed by atoms with Gasteiger partial charge in [0, 0.05) is 128 Å². The molecule has 0 aliphatic carbocycles. The molecule has 0 atom stereocenters. The Morgan fingerprint density at radius 3 is 1.08 bits per heavy atom. The summed E-state index contributed by atoms with van der Waals surface area (Å²) in [5.41, 5.74) is 16.0. The van der Waals surface area contributed by atoms with Gasteiger partial charge in [-0.15, -0.1) is 0 Å². The minimum Gasteiger partial charge on any atom is -0.382 e. The van der Waals surface area contributed by atoms with Gasteiger partial charge in [0.25, 0.3) is 23.6 Å². The van der Waals surface area contributed by atoms with E-state index < -0.39 is 17.6 Å². The molecule has 4 aromatic carbocycles. The Balaban J connectivity index is 0. The highest BCUT2D eigenvalue weighted by Gasteiger charge is 2.20. The lowest BCUT2D eigenvalue weighted by atomic mass is 10.2. The molecule has 12 aromatic rings. The van der Waals surface area contributed by atoms with E-state index >= 15 is 0 Å². The fourth-order valence-corrected chi connectivity index (χ4v) is 8.74. The number of nitrogens with one attached hydrogen (secondary N) is 6. The number of anilines is 7. The van der Waals surface area contributed by atoms with Gasteiger partial charge in [0.15, 0.2) is 11.5 Å². The monoisotopic (exact) mass is 1330 g/mol. The maximum absolute atomic E-state index is 13.6. The van der Waals surface area contributed by atoms with E-state index in [1.807, 2.05) is 18.2 Å². The van der Waals surface area contributed by atoms with Gasteiger partial charge in [-0.25, -0.2) is 33.7 Å². The number of nitrogens with zero attached hydrogens (tertiary/aromatic N) is 12. The number of halogens is 2. The quantitative estimate of drug-likeness (QED) is 0.0532. The first-order valence-corrected chi connectivity index (χ1v) is 29.6. The Morgan fingerprint density at radius 2 is 0.694 bits per heavy atom.